The van der Waals surface area contributed by atoms with E-state index in [1.54, 1.807) is 19.3 Å². The summed E-state index contributed by atoms with van der Waals surface area (Å²) in [5, 5.41) is 7.26. The molecule has 0 amide bonds. The van der Waals surface area contributed by atoms with Crippen LogP contribution in [0, 0.1) is 5.82 Å². The predicted octanol–water partition coefficient (Wildman–Crippen LogP) is 1.73. The summed E-state index contributed by atoms with van der Waals surface area (Å²) in [6.07, 6.45) is 4.68. The molecule has 19 heavy (non-hydrogen) atoms. The molecule has 5 nitrogen and oxygen atoms in total. The van der Waals surface area contributed by atoms with Crippen LogP contribution in [0.25, 0.3) is 0 Å². The van der Waals surface area contributed by atoms with E-state index in [0.717, 1.165) is 18.8 Å². The summed E-state index contributed by atoms with van der Waals surface area (Å²) in [5.74, 6) is 0.537. The average Bonchev–Trinajstić information content (AvgIpc) is 2.85. The van der Waals surface area contributed by atoms with E-state index in [-0.39, 0.29) is 11.9 Å². The lowest BCUT2D eigenvalue weighted by Gasteiger charge is -2.16. The van der Waals surface area contributed by atoms with Crippen LogP contribution in [0.5, 0.6) is 0 Å². The van der Waals surface area contributed by atoms with Crippen molar-refractivity contribution in [2.75, 3.05) is 7.05 Å². The molecule has 102 valence electrons. The van der Waals surface area contributed by atoms with E-state index in [0.29, 0.717) is 12.1 Å². The molecule has 1 N–H and O–H groups in total. The molecule has 1 unspecified atom stereocenters. The third kappa shape index (κ3) is 3.14. The fraction of sp³-hybridized carbons (Fsp3) is 0.462. The Morgan fingerprint density at radius 2 is 2.26 bits per heavy atom. The van der Waals surface area contributed by atoms with Gasteiger partial charge < -0.3 is 5.32 Å². The highest BCUT2D eigenvalue weighted by Crippen LogP contribution is 2.17. The fourth-order valence-corrected chi connectivity index (χ4v) is 2.02. The van der Waals surface area contributed by atoms with Gasteiger partial charge in [-0.25, -0.2) is 9.37 Å². The van der Waals surface area contributed by atoms with Crippen molar-refractivity contribution in [3.63, 3.8) is 0 Å². The van der Waals surface area contributed by atoms with Crippen LogP contribution in [0.3, 0.4) is 0 Å². The highest BCUT2D eigenvalue weighted by Gasteiger charge is 2.18. The number of pyridine rings is 1. The fourth-order valence-electron chi connectivity index (χ4n) is 2.02. The summed E-state index contributed by atoms with van der Waals surface area (Å²) in [7, 11) is 1.79. The minimum absolute atomic E-state index is 0.207. The van der Waals surface area contributed by atoms with E-state index in [1.807, 2.05) is 4.68 Å². The first-order valence-corrected chi connectivity index (χ1v) is 6.40. The number of nitrogens with one attached hydrogen (secondary N) is 1. The Hall–Kier alpha value is -1.82. The molecule has 0 saturated carbocycles. The summed E-state index contributed by atoms with van der Waals surface area (Å²) in [6, 6.07) is 2.80. The molecule has 0 bridgehead atoms. The summed E-state index contributed by atoms with van der Waals surface area (Å²) in [6.45, 7) is 2.90. The van der Waals surface area contributed by atoms with Crippen LogP contribution in [0.1, 0.15) is 30.9 Å². The Kier molecular flexibility index (Phi) is 4.57. The van der Waals surface area contributed by atoms with Crippen LogP contribution in [-0.4, -0.2) is 26.8 Å². The monoisotopic (exact) mass is 263 g/mol. The standard InChI is InChI=1S/C13H18FN5/c1-3-7-19-12(17-9-18-19)8-11(15-2)13-10(14)5-4-6-16-13/h4-6,9,11,15H,3,7-8H2,1-2H3. The molecule has 6 heteroatoms. The van der Waals surface area contributed by atoms with E-state index in [1.165, 1.54) is 12.4 Å². The zero-order chi connectivity index (χ0) is 13.7. The van der Waals surface area contributed by atoms with Crippen molar-refractivity contribution in [1.82, 2.24) is 25.1 Å². The number of rotatable bonds is 6. The molecule has 0 aliphatic carbocycles. The molecule has 2 aromatic heterocycles. The molecule has 0 spiro atoms. The van der Waals surface area contributed by atoms with Crippen molar-refractivity contribution < 1.29 is 4.39 Å². The number of likely N-dealkylation sites (N-methyl/N-ethyl adjacent to an activating group) is 1. The van der Waals surface area contributed by atoms with E-state index >= 15 is 0 Å². The van der Waals surface area contributed by atoms with Crippen molar-refractivity contribution in [1.29, 1.82) is 0 Å². The van der Waals surface area contributed by atoms with Crippen molar-refractivity contribution in [2.45, 2.75) is 32.4 Å². The number of aryl methyl sites for hydroxylation is 1. The van der Waals surface area contributed by atoms with Gasteiger partial charge in [0.1, 0.15) is 18.0 Å². The molecule has 0 aliphatic heterocycles. The Morgan fingerprint density at radius 1 is 1.42 bits per heavy atom. The largest absolute Gasteiger partial charge is 0.311 e. The van der Waals surface area contributed by atoms with Gasteiger partial charge in [0.25, 0.3) is 0 Å². The smallest absolute Gasteiger partial charge is 0.146 e. The van der Waals surface area contributed by atoms with Crippen LogP contribution >= 0.6 is 0 Å². The van der Waals surface area contributed by atoms with Gasteiger partial charge in [-0.2, -0.15) is 5.10 Å². The van der Waals surface area contributed by atoms with Gasteiger partial charge in [-0.15, -0.1) is 0 Å². The van der Waals surface area contributed by atoms with Crippen molar-refractivity contribution >= 4 is 0 Å². The molecule has 0 radical (unpaired) electrons. The topological polar surface area (TPSA) is 55.6 Å². The predicted molar refractivity (Wildman–Crippen MR) is 70.0 cm³/mol. The zero-order valence-corrected chi connectivity index (χ0v) is 11.2. The molecule has 0 fully saturated rings. The summed E-state index contributed by atoms with van der Waals surface area (Å²) >= 11 is 0. The lowest BCUT2D eigenvalue weighted by Crippen LogP contribution is -2.23. The van der Waals surface area contributed by atoms with Crippen molar-refractivity contribution in [3.05, 3.63) is 42.0 Å². The van der Waals surface area contributed by atoms with Crippen molar-refractivity contribution in [3.8, 4) is 0 Å². The minimum Gasteiger partial charge on any atom is -0.311 e. The number of hydrogen-bond donors (Lipinski definition) is 1. The molecule has 2 heterocycles. The van der Waals surface area contributed by atoms with Gasteiger partial charge in [0, 0.05) is 19.2 Å². The average molecular weight is 263 g/mol. The number of hydrogen-bond acceptors (Lipinski definition) is 4. The first-order valence-electron chi connectivity index (χ1n) is 6.40. The van der Waals surface area contributed by atoms with Crippen LogP contribution in [-0.2, 0) is 13.0 Å². The van der Waals surface area contributed by atoms with Gasteiger partial charge in [-0.05, 0) is 25.6 Å². The first-order chi connectivity index (χ1) is 9.26. The zero-order valence-electron chi connectivity index (χ0n) is 11.2. The molecule has 2 rings (SSSR count). The Bertz CT molecular complexity index is 525. The number of halogens is 1. The highest BCUT2D eigenvalue weighted by atomic mass is 19.1. The summed E-state index contributed by atoms with van der Waals surface area (Å²) in [4.78, 5) is 8.35. The van der Waals surface area contributed by atoms with Gasteiger partial charge >= 0.3 is 0 Å². The normalized spacial score (nSPS) is 12.6. The maximum atomic E-state index is 13.8. The molecule has 0 aliphatic rings. The maximum absolute atomic E-state index is 13.8. The minimum atomic E-state index is -0.302. The van der Waals surface area contributed by atoms with Crippen LogP contribution in [0.2, 0.25) is 0 Å². The van der Waals surface area contributed by atoms with Crippen LogP contribution < -0.4 is 5.32 Å². The van der Waals surface area contributed by atoms with E-state index < -0.39 is 0 Å². The first kappa shape index (κ1) is 13.6. The second-order valence-corrected chi connectivity index (χ2v) is 4.32. The molecular weight excluding hydrogens is 245 g/mol. The molecule has 1 atom stereocenters. The molecule has 0 aromatic carbocycles. The van der Waals surface area contributed by atoms with Gasteiger partial charge in [0.2, 0.25) is 0 Å². The van der Waals surface area contributed by atoms with Crippen LogP contribution in [0.15, 0.2) is 24.7 Å². The Morgan fingerprint density at radius 3 is 2.95 bits per heavy atom. The Balaban J connectivity index is 2.19. The van der Waals surface area contributed by atoms with Gasteiger partial charge in [0.15, 0.2) is 0 Å². The number of nitrogens with zero attached hydrogens (tertiary/aromatic N) is 4. The van der Waals surface area contributed by atoms with Gasteiger partial charge in [0.05, 0.1) is 11.7 Å². The highest BCUT2D eigenvalue weighted by molar-refractivity contribution is 5.13. The summed E-state index contributed by atoms with van der Waals surface area (Å²) in [5.41, 5.74) is 0.413. The second kappa shape index (κ2) is 6.38. The Labute approximate surface area is 111 Å². The van der Waals surface area contributed by atoms with Gasteiger partial charge in [-0.3, -0.25) is 9.67 Å². The van der Waals surface area contributed by atoms with E-state index in [2.05, 4.69) is 27.3 Å². The lowest BCUT2D eigenvalue weighted by molar-refractivity contribution is 0.484. The third-order valence-corrected chi connectivity index (χ3v) is 2.98. The quantitative estimate of drug-likeness (QED) is 0.862. The lowest BCUT2D eigenvalue weighted by atomic mass is 10.1. The molecule has 2 aromatic rings. The molecule has 0 saturated heterocycles. The second-order valence-electron chi connectivity index (χ2n) is 4.32. The maximum Gasteiger partial charge on any atom is 0.146 e. The van der Waals surface area contributed by atoms with E-state index in [9.17, 15) is 4.39 Å². The number of aromatic nitrogens is 4. The third-order valence-electron chi connectivity index (χ3n) is 2.98. The summed E-state index contributed by atoms with van der Waals surface area (Å²) < 4.78 is 15.6. The van der Waals surface area contributed by atoms with Crippen molar-refractivity contribution in [2.24, 2.45) is 0 Å². The van der Waals surface area contributed by atoms with E-state index in [4.69, 9.17) is 0 Å². The van der Waals surface area contributed by atoms with Crippen LogP contribution in [0.4, 0.5) is 4.39 Å². The SMILES string of the molecule is CCCn1ncnc1CC(NC)c1ncccc1F. The van der Waals surface area contributed by atoms with Gasteiger partial charge in [-0.1, -0.05) is 6.92 Å². The molecular formula is C13H18FN5.